The van der Waals surface area contributed by atoms with Crippen molar-refractivity contribution in [1.29, 1.82) is 0 Å². The van der Waals surface area contributed by atoms with Gasteiger partial charge in [-0.05, 0) is 49.4 Å². The summed E-state index contributed by atoms with van der Waals surface area (Å²) in [5.41, 5.74) is 1.54. The van der Waals surface area contributed by atoms with Crippen molar-refractivity contribution in [1.82, 2.24) is 4.98 Å². The Morgan fingerprint density at radius 1 is 1.20 bits per heavy atom. The van der Waals surface area contributed by atoms with Crippen LogP contribution >= 0.6 is 11.3 Å². The number of carbonyl (C=O) groups is 1. The molecule has 2 heterocycles. The summed E-state index contributed by atoms with van der Waals surface area (Å²) < 4.78 is 34.8. The number of aromatic nitrogens is 1. The SMILES string of the molecule is CCOc1ccc2oc(-c3csc(NC(=O)c4cccc(S(C)(=O)=O)c4)n3)cc2c1. The molecule has 2 aromatic carbocycles. The second-order valence-electron chi connectivity index (χ2n) is 6.54. The maximum absolute atomic E-state index is 12.5. The lowest BCUT2D eigenvalue weighted by Crippen LogP contribution is -2.12. The molecule has 0 aliphatic heterocycles. The Labute approximate surface area is 177 Å². The molecule has 0 radical (unpaired) electrons. The Morgan fingerprint density at radius 2 is 2.03 bits per heavy atom. The summed E-state index contributed by atoms with van der Waals surface area (Å²) in [6, 6.07) is 13.3. The van der Waals surface area contributed by atoms with Crippen LogP contribution in [0.2, 0.25) is 0 Å². The lowest BCUT2D eigenvalue weighted by Gasteiger charge is -2.04. The normalized spacial score (nSPS) is 11.5. The molecule has 0 bridgehead atoms. The Hall–Kier alpha value is -3.17. The Morgan fingerprint density at radius 3 is 2.80 bits per heavy atom. The maximum Gasteiger partial charge on any atom is 0.257 e. The van der Waals surface area contributed by atoms with Gasteiger partial charge in [0.1, 0.15) is 17.0 Å². The lowest BCUT2D eigenvalue weighted by molar-refractivity contribution is 0.102. The molecule has 1 N–H and O–H groups in total. The molecule has 0 aliphatic carbocycles. The van der Waals surface area contributed by atoms with Crippen molar-refractivity contribution in [3.63, 3.8) is 0 Å². The van der Waals surface area contributed by atoms with Gasteiger partial charge in [-0.3, -0.25) is 10.1 Å². The molecule has 0 saturated carbocycles. The first-order chi connectivity index (χ1) is 14.3. The fourth-order valence-electron chi connectivity index (χ4n) is 2.89. The minimum Gasteiger partial charge on any atom is -0.494 e. The Kier molecular flexibility index (Phi) is 5.31. The van der Waals surface area contributed by atoms with Crippen molar-refractivity contribution < 1.29 is 22.4 Å². The number of carbonyl (C=O) groups excluding carboxylic acids is 1. The van der Waals surface area contributed by atoms with Gasteiger partial charge in [-0.25, -0.2) is 13.4 Å². The minimum absolute atomic E-state index is 0.0867. The highest BCUT2D eigenvalue weighted by Gasteiger charge is 2.15. The van der Waals surface area contributed by atoms with Gasteiger partial charge in [-0.2, -0.15) is 0 Å². The predicted molar refractivity (Wildman–Crippen MR) is 116 cm³/mol. The topological polar surface area (TPSA) is 98.5 Å². The fourth-order valence-corrected chi connectivity index (χ4v) is 4.25. The van der Waals surface area contributed by atoms with Crippen molar-refractivity contribution in [2.75, 3.05) is 18.2 Å². The van der Waals surface area contributed by atoms with Crippen molar-refractivity contribution in [3.8, 4) is 17.2 Å². The molecule has 9 heteroatoms. The van der Waals surface area contributed by atoms with Gasteiger partial charge in [-0.1, -0.05) is 6.07 Å². The summed E-state index contributed by atoms with van der Waals surface area (Å²) in [5, 5.41) is 5.76. The molecule has 0 atom stereocenters. The summed E-state index contributed by atoms with van der Waals surface area (Å²) in [6.07, 6.45) is 1.10. The van der Waals surface area contributed by atoms with Gasteiger partial charge in [0, 0.05) is 22.6 Å². The number of amides is 1. The van der Waals surface area contributed by atoms with E-state index in [1.807, 2.05) is 31.2 Å². The van der Waals surface area contributed by atoms with E-state index in [0.29, 0.717) is 28.8 Å². The second-order valence-corrected chi connectivity index (χ2v) is 9.41. The van der Waals surface area contributed by atoms with Gasteiger partial charge in [0.2, 0.25) is 0 Å². The van der Waals surface area contributed by atoms with Crippen LogP contribution in [0.3, 0.4) is 0 Å². The van der Waals surface area contributed by atoms with Gasteiger partial charge in [0.25, 0.3) is 5.91 Å². The molecule has 0 unspecified atom stereocenters. The van der Waals surface area contributed by atoms with Crippen molar-refractivity contribution in [2.45, 2.75) is 11.8 Å². The molecular weight excluding hydrogens is 424 g/mol. The zero-order valence-electron chi connectivity index (χ0n) is 16.2. The van der Waals surface area contributed by atoms with Crippen molar-refractivity contribution >= 4 is 43.2 Å². The number of furan rings is 1. The van der Waals surface area contributed by atoms with Gasteiger partial charge >= 0.3 is 0 Å². The van der Waals surface area contributed by atoms with E-state index in [2.05, 4.69) is 10.3 Å². The summed E-state index contributed by atoms with van der Waals surface area (Å²) in [6.45, 7) is 2.51. The average molecular weight is 443 g/mol. The standard InChI is InChI=1S/C21H18N2O5S2/c1-3-27-15-7-8-18-14(9-15)11-19(28-18)17-12-29-21(22-17)23-20(24)13-5-4-6-16(10-13)30(2,25)26/h4-12H,3H2,1-2H3,(H,22,23,24). The highest BCUT2D eigenvalue weighted by molar-refractivity contribution is 7.90. The van der Waals surface area contributed by atoms with Crippen LogP contribution in [0.5, 0.6) is 5.75 Å². The maximum atomic E-state index is 12.5. The van der Waals surface area contributed by atoms with Crippen molar-refractivity contribution in [2.24, 2.45) is 0 Å². The third-order valence-electron chi connectivity index (χ3n) is 4.30. The van der Waals surface area contributed by atoms with Crippen LogP contribution in [0.25, 0.3) is 22.4 Å². The van der Waals surface area contributed by atoms with Crippen LogP contribution in [-0.4, -0.2) is 32.2 Å². The quantitative estimate of drug-likeness (QED) is 0.468. The monoisotopic (exact) mass is 442 g/mol. The summed E-state index contributed by atoms with van der Waals surface area (Å²) >= 11 is 1.25. The molecule has 4 aromatic rings. The molecule has 0 spiro atoms. The minimum atomic E-state index is -3.40. The van der Waals surface area contributed by atoms with Gasteiger partial charge in [0.15, 0.2) is 20.7 Å². The highest BCUT2D eigenvalue weighted by Crippen LogP contribution is 2.32. The molecule has 1 amide bonds. The Balaban J connectivity index is 1.54. The number of hydrogen-bond donors (Lipinski definition) is 1. The first-order valence-corrected chi connectivity index (χ1v) is 11.8. The third-order valence-corrected chi connectivity index (χ3v) is 6.17. The van der Waals surface area contributed by atoms with E-state index in [0.717, 1.165) is 17.4 Å². The number of nitrogens with zero attached hydrogens (tertiary/aromatic N) is 1. The molecule has 2 aromatic heterocycles. The number of rotatable bonds is 6. The zero-order chi connectivity index (χ0) is 21.3. The second kappa shape index (κ2) is 7.92. The van der Waals surface area contributed by atoms with Gasteiger partial charge in [-0.15, -0.1) is 11.3 Å². The van der Waals surface area contributed by atoms with E-state index in [4.69, 9.17) is 9.15 Å². The van der Waals surface area contributed by atoms with Crippen LogP contribution in [0.1, 0.15) is 17.3 Å². The molecule has 154 valence electrons. The van der Waals surface area contributed by atoms with Gasteiger partial charge < -0.3 is 9.15 Å². The number of fused-ring (bicyclic) bond motifs is 1. The molecule has 7 nitrogen and oxygen atoms in total. The van der Waals surface area contributed by atoms with E-state index in [1.165, 1.54) is 29.5 Å². The number of ether oxygens (including phenoxy) is 1. The molecule has 4 rings (SSSR count). The first-order valence-electron chi connectivity index (χ1n) is 9.07. The number of thiazole rings is 1. The first kappa shape index (κ1) is 20.1. The summed E-state index contributed by atoms with van der Waals surface area (Å²) in [7, 11) is -3.40. The summed E-state index contributed by atoms with van der Waals surface area (Å²) in [5.74, 6) is 0.904. The smallest absolute Gasteiger partial charge is 0.257 e. The molecule has 0 fully saturated rings. The predicted octanol–water partition coefficient (Wildman–Crippen LogP) is 4.61. The van der Waals surface area contributed by atoms with Crippen LogP contribution in [0.15, 0.2) is 63.2 Å². The van der Waals surface area contributed by atoms with E-state index >= 15 is 0 Å². The van der Waals surface area contributed by atoms with Crippen LogP contribution < -0.4 is 10.1 Å². The van der Waals surface area contributed by atoms with Crippen LogP contribution in [-0.2, 0) is 9.84 Å². The molecule has 0 aliphatic rings. The highest BCUT2D eigenvalue weighted by atomic mass is 32.2. The third kappa shape index (κ3) is 4.22. The van der Waals surface area contributed by atoms with E-state index in [1.54, 1.807) is 11.4 Å². The fraction of sp³-hybridized carbons (Fsp3) is 0.143. The molecule has 0 saturated heterocycles. The van der Waals surface area contributed by atoms with E-state index < -0.39 is 15.7 Å². The van der Waals surface area contributed by atoms with Crippen molar-refractivity contribution in [3.05, 3.63) is 59.5 Å². The number of anilines is 1. The molecular formula is C21H18N2O5S2. The van der Waals surface area contributed by atoms with E-state index in [-0.39, 0.29) is 10.5 Å². The van der Waals surface area contributed by atoms with E-state index in [9.17, 15) is 13.2 Å². The Bertz CT molecular complexity index is 1340. The largest absolute Gasteiger partial charge is 0.494 e. The van der Waals surface area contributed by atoms with Crippen LogP contribution in [0, 0.1) is 0 Å². The summed E-state index contributed by atoms with van der Waals surface area (Å²) in [4.78, 5) is 17.0. The van der Waals surface area contributed by atoms with Crippen LogP contribution in [0.4, 0.5) is 5.13 Å². The van der Waals surface area contributed by atoms with Gasteiger partial charge in [0.05, 0.1) is 11.5 Å². The number of nitrogens with one attached hydrogen (secondary N) is 1. The zero-order valence-corrected chi connectivity index (χ0v) is 17.8. The number of sulfone groups is 1. The lowest BCUT2D eigenvalue weighted by atomic mass is 10.2. The number of benzene rings is 2. The number of hydrogen-bond acceptors (Lipinski definition) is 7. The molecule has 30 heavy (non-hydrogen) atoms. The average Bonchev–Trinajstić information content (AvgIpc) is 3.34.